The predicted molar refractivity (Wildman–Crippen MR) is 123 cm³/mol. The molecule has 16 heteroatoms. The van der Waals surface area contributed by atoms with Crippen LogP contribution >= 0.6 is 0 Å². The number of carbonyl (C=O) groups is 6. The van der Waals surface area contributed by atoms with E-state index in [1.807, 2.05) is 0 Å². The summed E-state index contributed by atoms with van der Waals surface area (Å²) in [6.07, 6.45) is 2.20. The Hall–Kier alpha value is -4.05. The predicted octanol–water partition coefficient (Wildman–Crippen LogP) is -3.70. The Kier molecular flexibility index (Phi) is 12.5. The third-order valence-electron chi connectivity index (χ3n) is 4.94. The molecule has 0 aliphatic heterocycles. The van der Waals surface area contributed by atoms with Gasteiger partial charge in [-0.3, -0.25) is 24.0 Å². The van der Waals surface area contributed by atoms with Crippen LogP contribution in [0.2, 0.25) is 0 Å². The number of hydrogen-bond donors (Lipinski definition) is 9. The van der Waals surface area contributed by atoms with E-state index in [1.165, 1.54) is 12.5 Å². The van der Waals surface area contributed by atoms with Crippen LogP contribution in [0.1, 0.15) is 37.8 Å². The third kappa shape index (κ3) is 10.9. The fourth-order valence-electron chi connectivity index (χ4n) is 3.09. The summed E-state index contributed by atoms with van der Waals surface area (Å²) in [7, 11) is 0. The molecule has 0 radical (unpaired) electrons. The zero-order valence-corrected chi connectivity index (χ0v) is 19.4. The summed E-state index contributed by atoms with van der Waals surface area (Å²) >= 11 is 0. The van der Waals surface area contributed by atoms with E-state index in [9.17, 15) is 33.9 Å². The van der Waals surface area contributed by atoms with Crippen molar-refractivity contribution < 1.29 is 39.0 Å². The summed E-state index contributed by atoms with van der Waals surface area (Å²) in [5.41, 5.74) is 16.9. The molecular weight excluding hydrogens is 480 g/mol. The van der Waals surface area contributed by atoms with Gasteiger partial charge in [-0.05, 0) is 25.8 Å². The number of primary amides is 1. The molecule has 0 aliphatic carbocycles. The maximum atomic E-state index is 12.8. The summed E-state index contributed by atoms with van der Waals surface area (Å²) in [6.45, 7) is 0.322. The molecule has 0 fully saturated rings. The fraction of sp³-hybridized carbons (Fsp3) is 0.550. The summed E-state index contributed by atoms with van der Waals surface area (Å²) in [5, 5.41) is 25.1. The maximum Gasteiger partial charge on any atom is 0.326 e. The first-order chi connectivity index (χ1) is 16.9. The standard InChI is InChI=1S/C20H32N8O8/c21-4-2-1-3-12(20(35)36)26-18(33)13(6-15(23)29)28-19(34)14(7-16(30)31)27-17(32)11(22)5-10-8-24-9-25-10/h8-9,11-14H,1-7,21-22H2,(H2,23,29)(H,24,25)(H,26,33)(H,27,32)(H,28,34)(H,30,31)(H,35,36). The van der Waals surface area contributed by atoms with Gasteiger partial charge in [-0.25, -0.2) is 9.78 Å². The molecule has 0 spiro atoms. The van der Waals surface area contributed by atoms with Crippen molar-refractivity contribution in [2.75, 3.05) is 6.54 Å². The van der Waals surface area contributed by atoms with Crippen molar-refractivity contribution in [1.82, 2.24) is 25.9 Å². The second-order valence-corrected chi connectivity index (χ2v) is 7.96. The Bertz CT molecular complexity index is 923. The lowest BCUT2D eigenvalue weighted by atomic mass is 10.1. The number of nitrogens with one attached hydrogen (secondary N) is 4. The first-order valence-corrected chi connectivity index (χ1v) is 11.0. The van der Waals surface area contributed by atoms with Gasteiger partial charge in [-0.1, -0.05) is 0 Å². The molecular formula is C20H32N8O8. The largest absolute Gasteiger partial charge is 0.481 e. The van der Waals surface area contributed by atoms with E-state index >= 15 is 0 Å². The highest BCUT2D eigenvalue weighted by molar-refractivity contribution is 5.97. The van der Waals surface area contributed by atoms with E-state index in [0.29, 0.717) is 25.1 Å². The van der Waals surface area contributed by atoms with Gasteiger partial charge in [0.2, 0.25) is 23.6 Å². The van der Waals surface area contributed by atoms with Gasteiger partial charge in [0.15, 0.2) is 0 Å². The van der Waals surface area contributed by atoms with Crippen molar-refractivity contribution in [3.63, 3.8) is 0 Å². The average molecular weight is 513 g/mol. The van der Waals surface area contributed by atoms with Gasteiger partial charge in [-0.15, -0.1) is 0 Å². The van der Waals surface area contributed by atoms with Crippen molar-refractivity contribution in [1.29, 1.82) is 0 Å². The number of amides is 4. The van der Waals surface area contributed by atoms with Crippen molar-refractivity contribution >= 4 is 35.6 Å². The molecule has 200 valence electrons. The number of carboxylic acids is 2. The molecule has 4 unspecified atom stereocenters. The van der Waals surface area contributed by atoms with E-state index in [2.05, 4.69) is 25.9 Å². The SMILES string of the molecule is NCCCCC(NC(=O)C(CC(N)=O)NC(=O)C(CC(=O)O)NC(=O)C(N)Cc1cnc[nH]1)C(=O)O. The third-order valence-corrected chi connectivity index (χ3v) is 4.94. The van der Waals surface area contributed by atoms with Gasteiger partial charge in [0.05, 0.1) is 25.2 Å². The van der Waals surface area contributed by atoms with Crippen LogP contribution in [0.5, 0.6) is 0 Å². The minimum Gasteiger partial charge on any atom is -0.481 e. The number of nitrogens with zero attached hydrogens (tertiary/aromatic N) is 1. The Balaban J connectivity index is 2.93. The van der Waals surface area contributed by atoms with Gasteiger partial charge in [0.1, 0.15) is 18.1 Å². The lowest BCUT2D eigenvalue weighted by Crippen LogP contribution is -2.58. The molecule has 4 amide bonds. The van der Waals surface area contributed by atoms with Gasteiger partial charge in [0, 0.05) is 18.3 Å². The van der Waals surface area contributed by atoms with Crippen LogP contribution in [-0.4, -0.2) is 86.5 Å². The molecule has 12 N–H and O–H groups in total. The quantitative estimate of drug-likeness (QED) is 0.0915. The molecule has 1 aromatic rings. The van der Waals surface area contributed by atoms with Crippen molar-refractivity contribution in [3.05, 3.63) is 18.2 Å². The van der Waals surface area contributed by atoms with Gasteiger partial charge in [0.25, 0.3) is 0 Å². The lowest BCUT2D eigenvalue weighted by Gasteiger charge is -2.24. The van der Waals surface area contributed by atoms with Crippen LogP contribution in [0.15, 0.2) is 12.5 Å². The van der Waals surface area contributed by atoms with Gasteiger partial charge < -0.3 is 48.3 Å². The highest BCUT2D eigenvalue weighted by Gasteiger charge is 2.32. The van der Waals surface area contributed by atoms with E-state index in [4.69, 9.17) is 22.3 Å². The number of carbonyl (C=O) groups excluding carboxylic acids is 4. The summed E-state index contributed by atoms with van der Waals surface area (Å²) < 4.78 is 0. The van der Waals surface area contributed by atoms with E-state index in [-0.39, 0.29) is 12.8 Å². The molecule has 16 nitrogen and oxygen atoms in total. The van der Waals surface area contributed by atoms with Crippen molar-refractivity contribution in [2.45, 2.75) is 62.7 Å². The smallest absolute Gasteiger partial charge is 0.326 e. The van der Waals surface area contributed by atoms with Crippen molar-refractivity contribution in [2.24, 2.45) is 17.2 Å². The van der Waals surface area contributed by atoms with Gasteiger partial charge in [-0.2, -0.15) is 0 Å². The lowest BCUT2D eigenvalue weighted by molar-refractivity contribution is -0.143. The average Bonchev–Trinajstić information content (AvgIpc) is 3.29. The minimum atomic E-state index is -1.66. The zero-order valence-electron chi connectivity index (χ0n) is 19.4. The van der Waals surface area contributed by atoms with Crippen LogP contribution in [0.25, 0.3) is 0 Å². The second-order valence-electron chi connectivity index (χ2n) is 7.96. The Morgan fingerprint density at radius 2 is 1.50 bits per heavy atom. The zero-order chi connectivity index (χ0) is 27.3. The summed E-state index contributed by atoms with van der Waals surface area (Å²) in [5.74, 6) is -6.78. The van der Waals surface area contributed by atoms with Crippen LogP contribution in [0.4, 0.5) is 0 Å². The molecule has 0 aliphatic rings. The second kappa shape index (κ2) is 15.0. The Labute approximate surface area is 205 Å². The van der Waals surface area contributed by atoms with E-state index in [0.717, 1.165) is 0 Å². The highest BCUT2D eigenvalue weighted by Crippen LogP contribution is 2.04. The van der Waals surface area contributed by atoms with Gasteiger partial charge >= 0.3 is 11.9 Å². The molecule has 1 rings (SSSR count). The Morgan fingerprint density at radius 3 is 2.00 bits per heavy atom. The molecule has 0 saturated carbocycles. The number of imidazole rings is 1. The number of nitrogens with two attached hydrogens (primary N) is 3. The number of unbranched alkanes of at least 4 members (excludes halogenated alkanes) is 1. The fourth-order valence-corrected chi connectivity index (χ4v) is 3.09. The molecule has 36 heavy (non-hydrogen) atoms. The van der Waals surface area contributed by atoms with E-state index < -0.39 is 72.6 Å². The number of H-pyrrole nitrogens is 1. The molecule has 1 aromatic heterocycles. The molecule has 0 saturated heterocycles. The van der Waals surface area contributed by atoms with Crippen molar-refractivity contribution in [3.8, 4) is 0 Å². The highest BCUT2D eigenvalue weighted by atomic mass is 16.4. The first-order valence-electron chi connectivity index (χ1n) is 11.0. The van der Waals surface area contributed by atoms with Crippen LogP contribution in [-0.2, 0) is 35.2 Å². The summed E-state index contributed by atoms with van der Waals surface area (Å²) in [6, 6.07) is -5.78. The molecule has 4 atom stereocenters. The molecule has 0 aromatic carbocycles. The summed E-state index contributed by atoms with van der Waals surface area (Å²) in [4.78, 5) is 78.6. The molecule has 1 heterocycles. The van der Waals surface area contributed by atoms with E-state index in [1.54, 1.807) is 0 Å². The number of aliphatic carboxylic acids is 2. The van der Waals surface area contributed by atoms with Crippen LogP contribution in [0.3, 0.4) is 0 Å². The normalized spacial score (nSPS) is 14.1. The van der Waals surface area contributed by atoms with Crippen LogP contribution < -0.4 is 33.2 Å². The maximum absolute atomic E-state index is 12.8. The number of carboxylic acid groups (broad SMARTS) is 2. The monoisotopic (exact) mass is 512 g/mol. The number of rotatable bonds is 17. The Morgan fingerprint density at radius 1 is 0.917 bits per heavy atom. The topological polar surface area (TPSA) is 286 Å². The number of hydrogen-bond acceptors (Lipinski definition) is 9. The number of aromatic amines is 1. The minimum absolute atomic E-state index is 0.0146. The van der Waals surface area contributed by atoms with Crippen LogP contribution in [0, 0.1) is 0 Å². The molecule has 0 bridgehead atoms. The number of aromatic nitrogens is 2. The first kappa shape index (κ1) is 30.0.